The van der Waals surface area contributed by atoms with Crippen LogP contribution in [0.3, 0.4) is 0 Å². The molecule has 1 aliphatic rings. The number of ether oxygens (including phenoxy) is 1. The fraction of sp³-hybridized carbons (Fsp3) is 0.357. The molecule has 2 aromatic rings. The van der Waals surface area contributed by atoms with Crippen molar-refractivity contribution in [3.8, 4) is 16.2 Å². The van der Waals surface area contributed by atoms with Crippen LogP contribution in [0.5, 0.6) is 5.75 Å². The zero-order valence-corrected chi connectivity index (χ0v) is 11.6. The first kappa shape index (κ1) is 13.1. The minimum Gasteiger partial charge on any atom is -0.484 e. The van der Waals surface area contributed by atoms with Crippen molar-refractivity contribution in [2.24, 2.45) is 0 Å². The summed E-state index contributed by atoms with van der Waals surface area (Å²) in [4.78, 5) is 11.8. The van der Waals surface area contributed by atoms with E-state index >= 15 is 0 Å². The van der Waals surface area contributed by atoms with E-state index in [0.29, 0.717) is 5.75 Å². The van der Waals surface area contributed by atoms with Crippen LogP contribution in [0.4, 0.5) is 5.69 Å². The number of benzene rings is 1. The molecule has 1 aliphatic carbocycles. The predicted octanol–water partition coefficient (Wildman–Crippen LogP) is 4.04. The summed E-state index contributed by atoms with van der Waals surface area (Å²) < 4.78 is 9.81. The normalized spacial score (nSPS) is 15.4. The molecule has 5 nitrogen and oxygen atoms in total. The van der Waals surface area contributed by atoms with Gasteiger partial charge >= 0.3 is 5.69 Å². The molecule has 0 amide bonds. The molecule has 0 spiro atoms. The minimum atomic E-state index is -0.380. The quantitative estimate of drug-likeness (QED) is 0.629. The molecule has 1 fully saturated rings. The predicted molar refractivity (Wildman–Crippen MR) is 77.1 cm³/mol. The average molecular weight is 290 g/mol. The molecule has 0 unspecified atom stereocenters. The third kappa shape index (κ3) is 2.65. The van der Waals surface area contributed by atoms with Gasteiger partial charge in [0.2, 0.25) is 0 Å². The van der Waals surface area contributed by atoms with Gasteiger partial charge in [-0.2, -0.15) is 0 Å². The van der Waals surface area contributed by atoms with Gasteiger partial charge in [0.25, 0.3) is 0 Å². The Kier molecular flexibility index (Phi) is 3.64. The molecule has 20 heavy (non-hydrogen) atoms. The molecule has 1 saturated carbocycles. The summed E-state index contributed by atoms with van der Waals surface area (Å²) in [5.41, 5.74) is 0.834. The van der Waals surface area contributed by atoms with Gasteiger partial charge in [-0.25, -0.2) is 4.37 Å². The molecule has 0 aliphatic heterocycles. The maximum Gasteiger partial charge on any atom is 0.311 e. The number of hydrogen-bond donors (Lipinski definition) is 0. The summed E-state index contributed by atoms with van der Waals surface area (Å²) in [5, 5.41) is 11.2. The average Bonchev–Trinajstić information content (AvgIpc) is 3.11. The molecule has 3 rings (SSSR count). The van der Waals surface area contributed by atoms with Crippen LogP contribution in [0.25, 0.3) is 10.4 Å². The van der Waals surface area contributed by atoms with E-state index in [-0.39, 0.29) is 16.7 Å². The van der Waals surface area contributed by atoms with Gasteiger partial charge in [0.1, 0.15) is 0 Å². The van der Waals surface area contributed by atoms with Crippen molar-refractivity contribution in [2.75, 3.05) is 0 Å². The van der Waals surface area contributed by atoms with E-state index < -0.39 is 0 Å². The molecule has 1 heterocycles. The third-order valence-corrected chi connectivity index (χ3v) is 4.27. The molecule has 0 radical (unpaired) electrons. The van der Waals surface area contributed by atoms with Gasteiger partial charge in [0.15, 0.2) is 5.75 Å². The third-order valence-electron chi connectivity index (χ3n) is 3.47. The van der Waals surface area contributed by atoms with Gasteiger partial charge in [0, 0.05) is 17.8 Å². The highest BCUT2D eigenvalue weighted by atomic mass is 32.1. The second-order valence-corrected chi connectivity index (χ2v) is 5.67. The lowest BCUT2D eigenvalue weighted by Gasteiger charge is -2.13. The second-order valence-electron chi connectivity index (χ2n) is 4.84. The van der Waals surface area contributed by atoms with E-state index in [0.717, 1.165) is 36.1 Å². The van der Waals surface area contributed by atoms with Crippen molar-refractivity contribution >= 4 is 17.2 Å². The fourth-order valence-corrected chi connectivity index (χ4v) is 3.05. The summed E-state index contributed by atoms with van der Waals surface area (Å²) in [6.07, 6.45) is 6.04. The smallest absolute Gasteiger partial charge is 0.311 e. The lowest BCUT2D eigenvalue weighted by Crippen LogP contribution is -2.12. The van der Waals surface area contributed by atoms with Gasteiger partial charge in [0.05, 0.1) is 15.9 Å². The highest BCUT2D eigenvalue weighted by Gasteiger charge is 2.22. The zero-order valence-electron chi connectivity index (χ0n) is 10.8. The van der Waals surface area contributed by atoms with Gasteiger partial charge < -0.3 is 4.74 Å². The Morgan fingerprint density at radius 2 is 2.10 bits per heavy atom. The van der Waals surface area contributed by atoms with Gasteiger partial charge in [-0.3, -0.25) is 10.1 Å². The van der Waals surface area contributed by atoms with Crippen LogP contribution in [0.2, 0.25) is 0 Å². The summed E-state index contributed by atoms with van der Waals surface area (Å²) in [7, 11) is 0. The van der Waals surface area contributed by atoms with Crippen molar-refractivity contribution in [3.63, 3.8) is 0 Å². The van der Waals surface area contributed by atoms with E-state index in [9.17, 15) is 10.1 Å². The van der Waals surface area contributed by atoms with Crippen LogP contribution in [-0.2, 0) is 0 Å². The van der Waals surface area contributed by atoms with E-state index in [1.165, 1.54) is 11.5 Å². The molecular weight excluding hydrogens is 276 g/mol. The Morgan fingerprint density at radius 1 is 1.30 bits per heavy atom. The maximum absolute atomic E-state index is 11.2. The summed E-state index contributed by atoms with van der Waals surface area (Å²) in [6, 6.07) is 6.97. The molecule has 6 heteroatoms. The monoisotopic (exact) mass is 290 g/mol. The SMILES string of the molecule is O=[N+]([O-])c1cc(-c2ccns2)ccc1OC1CCCC1. The fourth-order valence-electron chi connectivity index (χ4n) is 2.46. The van der Waals surface area contributed by atoms with E-state index in [1.54, 1.807) is 18.3 Å². The minimum absolute atomic E-state index is 0.0304. The summed E-state index contributed by atoms with van der Waals surface area (Å²) >= 11 is 1.32. The zero-order chi connectivity index (χ0) is 13.9. The molecular formula is C14H14N2O3S. The van der Waals surface area contributed by atoms with Crippen LogP contribution in [0.1, 0.15) is 25.7 Å². The number of rotatable bonds is 4. The van der Waals surface area contributed by atoms with Crippen LogP contribution in [0, 0.1) is 10.1 Å². The number of nitro groups is 1. The largest absolute Gasteiger partial charge is 0.484 e. The summed E-state index contributed by atoms with van der Waals surface area (Å²) in [5.74, 6) is 0.371. The molecule has 1 aromatic carbocycles. The Balaban J connectivity index is 1.91. The van der Waals surface area contributed by atoms with Crippen molar-refractivity contribution in [1.29, 1.82) is 0 Å². The number of nitro benzene ring substituents is 1. The maximum atomic E-state index is 11.2. The van der Waals surface area contributed by atoms with E-state index in [1.807, 2.05) is 12.1 Å². The first-order chi connectivity index (χ1) is 9.74. The highest BCUT2D eigenvalue weighted by Crippen LogP contribution is 2.35. The molecule has 0 N–H and O–H groups in total. The van der Waals surface area contributed by atoms with Gasteiger partial charge in [-0.1, -0.05) is 0 Å². The molecule has 1 aromatic heterocycles. The van der Waals surface area contributed by atoms with Crippen molar-refractivity contribution in [3.05, 3.63) is 40.6 Å². The Hall–Kier alpha value is -1.95. The van der Waals surface area contributed by atoms with E-state index in [2.05, 4.69) is 4.37 Å². The first-order valence-corrected chi connectivity index (χ1v) is 7.37. The highest BCUT2D eigenvalue weighted by molar-refractivity contribution is 7.09. The number of nitrogens with zero attached hydrogens (tertiary/aromatic N) is 2. The standard InChI is InChI=1S/C14H14N2O3S/c17-16(18)12-9-10(14-7-8-15-20-14)5-6-13(12)19-11-3-1-2-4-11/h5-9,11H,1-4H2. The molecule has 104 valence electrons. The molecule has 0 saturated heterocycles. The number of aromatic nitrogens is 1. The summed E-state index contributed by atoms with van der Waals surface area (Å²) in [6.45, 7) is 0. The Morgan fingerprint density at radius 3 is 2.75 bits per heavy atom. The lowest BCUT2D eigenvalue weighted by atomic mass is 10.1. The second kappa shape index (κ2) is 5.58. The molecule has 0 atom stereocenters. The lowest BCUT2D eigenvalue weighted by molar-refractivity contribution is -0.386. The molecule has 0 bridgehead atoms. The Bertz CT molecular complexity index is 607. The van der Waals surface area contributed by atoms with Crippen LogP contribution >= 0.6 is 11.5 Å². The topological polar surface area (TPSA) is 65.3 Å². The van der Waals surface area contributed by atoms with Crippen LogP contribution in [-0.4, -0.2) is 15.4 Å². The van der Waals surface area contributed by atoms with Crippen molar-refractivity contribution < 1.29 is 9.66 Å². The van der Waals surface area contributed by atoms with Crippen LogP contribution in [0.15, 0.2) is 30.5 Å². The van der Waals surface area contributed by atoms with Crippen LogP contribution < -0.4 is 4.74 Å². The van der Waals surface area contributed by atoms with Crippen molar-refractivity contribution in [2.45, 2.75) is 31.8 Å². The van der Waals surface area contributed by atoms with Crippen molar-refractivity contribution in [1.82, 2.24) is 4.37 Å². The van der Waals surface area contributed by atoms with Gasteiger partial charge in [-0.15, -0.1) is 0 Å². The van der Waals surface area contributed by atoms with E-state index in [4.69, 9.17) is 4.74 Å². The Labute approximate surface area is 120 Å². The van der Waals surface area contributed by atoms with Gasteiger partial charge in [-0.05, 0) is 55.4 Å². The first-order valence-electron chi connectivity index (χ1n) is 6.60. The number of hydrogen-bond acceptors (Lipinski definition) is 5.